The predicted molar refractivity (Wildman–Crippen MR) is 310 cm³/mol. The van der Waals surface area contributed by atoms with Gasteiger partial charge in [-0.2, -0.15) is 0 Å². The van der Waals surface area contributed by atoms with E-state index in [9.17, 15) is 0 Å². The van der Waals surface area contributed by atoms with Gasteiger partial charge in [0, 0.05) is 34.1 Å². The second-order valence-corrected chi connectivity index (χ2v) is 21.0. The molecule has 0 saturated carbocycles. The average Bonchev–Trinajstić information content (AvgIpc) is 3.41. The van der Waals surface area contributed by atoms with Crippen LogP contribution in [0.2, 0.25) is 0 Å². The first-order chi connectivity index (χ1) is 35.4. The van der Waals surface area contributed by atoms with Gasteiger partial charge in [0.1, 0.15) is 0 Å². The molecule has 0 amide bonds. The van der Waals surface area contributed by atoms with E-state index in [4.69, 9.17) is 0 Å². The molecule has 0 unspecified atom stereocenters. The van der Waals surface area contributed by atoms with E-state index in [1.54, 1.807) is 0 Å². The molecule has 0 atom stereocenters. The Morgan fingerprint density at radius 3 is 1.06 bits per heavy atom. The molecule has 0 saturated heterocycles. The van der Waals surface area contributed by atoms with Gasteiger partial charge in [0.15, 0.2) is 0 Å². The highest BCUT2D eigenvalue weighted by Gasteiger charge is 2.45. The lowest BCUT2D eigenvalue weighted by molar-refractivity contribution is 1.27. The maximum atomic E-state index is 2.66. The Hall–Kier alpha value is -8.59. The first kappa shape index (κ1) is 40.2. The molecule has 334 valence electrons. The third-order valence-corrected chi connectivity index (χ3v) is 16.7. The smallest absolute Gasteiger partial charge is 0.248 e. The molecule has 0 fully saturated rings. The summed E-state index contributed by atoms with van der Waals surface area (Å²) in [5.74, 6) is 0. The minimum Gasteiger partial charge on any atom is -0.311 e. The number of benzene rings is 12. The van der Waals surface area contributed by atoms with Crippen molar-refractivity contribution in [2.45, 2.75) is 27.7 Å². The molecule has 72 heavy (non-hydrogen) atoms. The van der Waals surface area contributed by atoms with Crippen LogP contribution < -0.4 is 42.6 Å². The molecule has 0 radical (unpaired) electrons. The van der Waals surface area contributed by atoms with E-state index in [-0.39, 0.29) is 13.4 Å². The summed E-state index contributed by atoms with van der Waals surface area (Å²) in [6.07, 6.45) is 0. The van der Waals surface area contributed by atoms with Crippen molar-refractivity contribution in [1.82, 2.24) is 0 Å². The highest BCUT2D eigenvalue weighted by atomic mass is 15.2. The van der Waals surface area contributed by atoms with Crippen LogP contribution in [-0.2, 0) is 0 Å². The van der Waals surface area contributed by atoms with E-state index in [1.165, 1.54) is 166 Å². The molecular weight excluding hydrogens is 866 g/mol. The molecule has 4 heterocycles. The molecule has 12 aromatic rings. The molecule has 12 aromatic carbocycles. The van der Waals surface area contributed by atoms with E-state index in [1.807, 2.05) is 0 Å². The largest absolute Gasteiger partial charge is 0.311 e. The average molecular weight is 913 g/mol. The number of anilines is 6. The second kappa shape index (κ2) is 14.5. The van der Waals surface area contributed by atoms with Crippen LogP contribution in [0.1, 0.15) is 22.3 Å². The number of aryl methyl sites for hydroxylation is 4. The second-order valence-electron chi connectivity index (χ2n) is 21.0. The molecule has 4 aliphatic rings. The highest BCUT2D eigenvalue weighted by Crippen LogP contribution is 2.52. The fourth-order valence-corrected chi connectivity index (χ4v) is 14.0. The molecule has 0 aliphatic carbocycles. The third-order valence-electron chi connectivity index (χ3n) is 16.7. The lowest BCUT2D eigenvalue weighted by Crippen LogP contribution is -2.60. The van der Waals surface area contributed by atoms with E-state index < -0.39 is 0 Å². The van der Waals surface area contributed by atoms with Gasteiger partial charge in [-0.1, -0.05) is 157 Å². The maximum Gasteiger partial charge on any atom is 0.248 e. The van der Waals surface area contributed by atoms with Crippen molar-refractivity contribution in [3.8, 4) is 44.5 Å². The van der Waals surface area contributed by atoms with Crippen LogP contribution in [0.4, 0.5) is 34.1 Å². The monoisotopic (exact) mass is 912 g/mol. The fraction of sp³-hybridized carbons (Fsp3) is 0.0588. The molecule has 0 bridgehead atoms. The van der Waals surface area contributed by atoms with Gasteiger partial charge >= 0.3 is 0 Å². The zero-order valence-corrected chi connectivity index (χ0v) is 40.7. The summed E-state index contributed by atoms with van der Waals surface area (Å²) in [6.45, 7) is 9.09. The normalized spacial score (nSPS) is 13.4. The number of hydrogen-bond donors (Lipinski definition) is 0. The third kappa shape index (κ3) is 5.31. The van der Waals surface area contributed by atoms with Crippen molar-refractivity contribution in [1.29, 1.82) is 0 Å². The minimum absolute atomic E-state index is 0.0203. The standard InChI is InChI=1S/C68H46B2N2/c1-39-25-27-55-59(31-39)71(45-21-13-7-14-22-45)61-33-41(3)29-53-49-35-48(44-19-11-6-12-20-44)52-38-58-64-50(36-47(43-17-9-5-10-18-43)51-37-57(69(55)67(53)61)63(49)65(52)66(51)64)54-30-42(4)34-62-68(54)70(58)56-28-26-40(2)32-60(56)72(62)46-23-15-8-16-24-46/h5-38H,1-4H3. The van der Waals surface area contributed by atoms with Gasteiger partial charge in [-0.15, -0.1) is 0 Å². The fourth-order valence-electron chi connectivity index (χ4n) is 14.0. The Labute approximate surface area is 421 Å². The van der Waals surface area contributed by atoms with Crippen LogP contribution in [0, 0.1) is 27.7 Å². The van der Waals surface area contributed by atoms with Crippen LogP contribution in [0.5, 0.6) is 0 Å². The van der Waals surface area contributed by atoms with Gasteiger partial charge in [0.05, 0.1) is 0 Å². The Morgan fingerprint density at radius 2 is 0.653 bits per heavy atom. The van der Waals surface area contributed by atoms with Crippen molar-refractivity contribution in [2.75, 3.05) is 9.80 Å². The van der Waals surface area contributed by atoms with Crippen molar-refractivity contribution >= 4 is 113 Å². The summed E-state index contributed by atoms with van der Waals surface area (Å²) in [6, 6.07) is 79.2. The summed E-state index contributed by atoms with van der Waals surface area (Å²) in [7, 11) is 0. The van der Waals surface area contributed by atoms with E-state index >= 15 is 0 Å². The number of para-hydroxylation sites is 2. The van der Waals surface area contributed by atoms with E-state index in [2.05, 4.69) is 244 Å². The number of nitrogens with zero attached hydrogens (tertiary/aromatic N) is 2. The molecule has 0 N–H and O–H groups in total. The summed E-state index contributed by atoms with van der Waals surface area (Å²) < 4.78 is 0. The lowest BCUT2D eigenvalue weighted by atomic mass is 9.31. The van der Waals surface area contributed by atoms with Gasteiger partial charge < -0.3 is 9.80 Å². The Bertz CT molecular complexity index is 4040. The molecular formula is C68H46B2N2. The van der Waals surface area contributed by atoms with Gasteiger partial charge in [-0.05, 0) is 209 Å². The predicted octanol–water partition coefficient (Wildman–Crippen LogP) is 13.7. The number of fused-ring (bicyclic) bond motifs is 8. The Morgan fingerprint density at radius 1 is 0.278 bits per heavy atom. The topological polar surface area (TPSA) is 6.48 Å². The molecule has 16 rings (SSSR count). The van der Waals surface area contributed by atoms with Crippen molar-refractivity contribution in [2.24, 2.45) is 0 Å². The van der Waals surface area contributed by atoms with Gasteiger partial charge in [-0.3, -0.25) is 0 Å². The zero-order chi connectivity index (χ0) is 47.7. The lowest BCUT2D eigenvalue weighted by Gasteiger charge is -2.42. The van der Waals surface area contributed by atoms with Gasteiger partial charge in [0.25, 0.3) is 0 Å². The van der Waals surface area contributed by atoms with Crippen LogP contribution in [0.3, 0.4) is 0 Å². The van der Waals surface area contributed by atoms with Crippen LogP contribution in [0.15, 0.2) is 206 Å². The molecule has 2 nitrogen and oxygen atoms in total. The zero-order valence-electron chi connectivity index (χ0n) is 40.7. The summed E-state index contributed by atoms with van der Waals surface area (Å²) in [5.41, 5.74) is 31.1. The number of rotatable bonds is 4. The quantitative estimate of drug-likeness (QED) is 0.128. The van der Waals surface area contributed by atoms with Crippen molar-refractivity contribution in [3.63, 3.8) is 0 Å². The summed E-state index contributed by atoms with van der Waals surface area (Å²) in [5, 5.41) is 8.18. The van der Waals surface area contributed by atoms with Crippen molar-refractivity contribution in [3.05, 3.63) is 229 Å². The Kier molecular flexibility index (Phi) is 8.09. The number of hydrogen-bond acceptors (Lipinski definition) is 2. The van der Waals surface area contributed by atoms with Crippen molar-refractivity contribution < 1.29 is 0 Å². The molecule has 4 heteroatoms. The first-order valence-corrected chi connectivity index (χ1v) is 25.6. The highest BCUT2D eigenvalue weighted by molar-refractivity contribution is 7.02. The maximum absolute atomic E-state index is 2.66. The van der Waals surface area contributed by atoms with E-state index in [0.717, 1.165) is 0 Å². The molecule has 0 spiro atoms. The molecule has 4 aliphatic heterocycles. The van der Waals surface area contributed by atoms with Gasteiger partial charge in [-0.25, -0.2) is 0 Å². The van der Waals surface area contributed by atoms with Crippen LogP contribution in [0.25, 0.3) is 76.8 Å². The summed E-state index contributed by atoms with van der Waals surface area (Å²) >= 11 is 0. The summed E-state index contributed by atoms with van der Waals surface area (Å²) in [4.78, 5) is 5.08. The SMILES string of the molecule is Cc1ccc2c(c1)N(c1ccccc1)c1cc(C)cc3c1B2c1cc2c(-c4ccccc4)cc4c5c(cc6c(-c7ccccc7)cc-3c1c6c25)B1c2ccc(C)cc2N(c2ccccc2)c2cc(C)cc-4c21. The first-order valence-electron chi connectivity index (χ1n) is 25.6. The molecule has 0 aromatic heterocycles. The Balaban J connectivity index is 1.12. The minimum atomic E-state index is 0.0203. The van der Waals surface area contributed by atoms with Crippen LogP contribution >= 0.6 is 0 Å². The van der Waals surface area contributed by atoms with E-state index in [0.29, 0.717) is 0 Å². The van der Waals surface area contributed by atoms with Gasteiger partial charge in [0.2, 0.25) is 13.4 Å². The van der Waals surface area contributed by atoms with Crippen LogP contribution in [-0.4, -0.2) is 13.4 Å².